The van der Waals surface area contributed by atoms with E-state index in [1.165, 1.54) is 0 Å². The summed E-state index contributed by atoms with van der Waals surface area (Å²) >= 11 is 5.81. The van der Waals surface area contributed by atoms with Gasteiger partial charge in [0.1, 0.15) is 0 Å². The van der Waals surface area contributed by atoms with Crippen LogP contribution in [0.5, 0.6) is 0 Å². The van der Waals surface area contributed by atoms with Gasteiger partial charge < -0.3 is 10.8 Å². The molecular weight excluding hydrogens is 214 g/mol. The first kappa shape index (κ1) is 12.0. The van der Waals surface area contributed by atoms with Crippen LogP contribution in [0.2, 0.25) is 5.02 Å². The molecule has 15 heavy (non-hydrogen) atoms. The zero-order chi connectivity index (χ0) is 11.6. The summed E-state index contributed by atoms with van der Waals surface area (Å²) in [7, 11) is 0. The zero-order valence-corrected chi connectivity index (χ0v) is 9.45. The van der Waals surface area contributed by atoms with Crippen molar-refractivity contribution in [2.75, 3.05) is 0 Å². The highest BCUT2D eigenvalue weighted by Gasteiger charge is 2.33. The van der Waals surface area contributed by atoms with E-state index in [2.05, 4.69) is 0 Å². The molecule has 1 aromatic carbocycles. The van der Waals surface area contributed by atoms with Crippen LogP contribution in [-0.2, 0) is 4.79 Å². The Morgan fingerprint density at radius 1 is 1.53 bits per heavy atom. The molecule has 0 saturated carbocycles. The molecule has 0 saturated heterocycles. The van der Waals surface area contributed by atoms with Gasteiger partial charge in [-0.25, -0.2) is 0 Å². The van der Waals surface area contributed by atoms with Gasteiger partial charge in [0, 0.05) is 10.6 Å². The van der Waals surface area contributed by atoms with E-state index < -0.39 is 17.4 Å². The minimum atomic E-state index is -0.940. The van der Waals surface area contributed by atoms with Crippen LogP contribution in [0.3, 0.4) is 0 Å². The second-order valence-corrected chi connectivity index (χ2v) is 4.58. The van der Waals surface area contributed by atoms with Crippen molar-refractivity contribution in [2.45, 2.75) is 25.3 Å². The van der Waals surface area contributed by atoms with Crippen LogP contribution in [-0.4, -0.2) is 16.6 Å². The highest BCUT2D eigenvalue weighted by Crippen LogP contribution is 2.28. The summed E-state index contributed by atoms with van der Waals surface area (Å²) in [5.41, 5.74) is 5.64. The molecule has 0 aliphatic heterocycles. The summed E-state index contributed by atoms with van der Waals surface area (Å²) in [5, 5.41) is 9.65. The average molecular weight is 228 g/mol. The van der Waals surface area contributed by atoms with E-state index in [-0.39, 0.29) is 0 Å². The van der Waals surface area contributed by atoms with E-state index in [1.54, 1.807) is 38.1 Å². The largest absolute Gasteiger partial charge is 0.481 e. The molecule has 0 aliphatic rings. The average Bonchev–Trinajstić information content (AvgIpc) is 1.99. The summed E-state index contributed by atoms with van der Waals surface area (Å²) in [6, 6.07) is 6.78. The molecule has 0 amide bonds. The second-order valence-electron chi connectivity index (χ2n) is 4.15. The molecular formula is C11H14ClNO2. The summed E-state index contributed by atoms with van der Waals surface area (Å²) in [4.78, 5) is 11.1. The van der Waals surface area contributed by atoms with Crippen molar-refractivity contribution in [3.05, 3.63) is 34.9 Å². The first-order valence-electron chi connectivity index (χ1n) is 4.59. The summed E-state index contributed by atoms with van der Waals surface area (Å²) < 4.78 is 0. The van der Waals surface area contributed by atoms with Crippen LogP contribution in [0.25, 0.3) is 0 Å². The lowest BCUT2D eigenvalue weighted by Gasteiger charge is -2.27. The fourth-order valence-electron chi connectivity index (χ4n) is 1.58. The molecule has 0 fully saturated rings. The van der Waals surface area contributed by atoms with Gasteiger partial charge in [0.15, 0.2) is 0 Å². The standard InChI is InChI=1S/C11H14ClNO2/c1-11(2,13)9(10(14)15)7-4-3-5-8(12)6-7/h3-6,9H,13H2,1-2H3,(H,14,15). The number of benzene rings is 1. The summed E-state index contributed by atoms with van der Waals surface area (Å²) in [6.45, 7) is 3.37. The topological polar surface area (TPSA) is 63.3 Å². The molecule has 3 nitrogen and oxygen atoms in total. The van der Waals surface area contributed by atoms with Gasteiger partial charge in [0.2, 0.25) is 0 Å². The first-order valence-corrected chi connectivity index (χ1v) is 4.97. The highest BCUT2D eigenvalue weighted by atomic mass is 35.5. The van der Waals surface area contributed by atoms with Crippen molar-refractivity contribution < 1.29 is 9.90 Å². The smallest absolute Gasteiger partial charge is 0.312 e. The molecule has 0 heterocycles. The molecule has 0 bridgehead atoms. The normalized spacial score (nSPS) is 13.6. The molecule has 4 heteroatoms. The van der Waals surface area contributed by atoms with Crippen molar-refractivity contribution in [3.8, 4) is 0 Å². The van der Waals surface area contributed by atoms with Gasteiger partial charge in [-0.1, -0.05) is 23.7 Å². The van der Waals surface area contributed by atoms with Crippen LogP contribution < -0.4 is 5.73 Å². The van der Waals surface area contributed by atoms with E-state index in [1.807, 2.05) is 0 Å². The Morgan fingerprint density at radius 2 is 2.13 bits per heavy atom. The van der Waals surface area contributed by atoms with Crippen molar-refractivity contribution >= 4 is 17.6 Å². The van der Waals surface area contributed by atoms with E-state index in [9.17, 15) is 4.79 Å². The number of rotatable bonds is 3. The molecule has 1 rings (SSSR count). The fourth-order valence-corrected chi connectivity index (χ4v) is 1.78. The lowest BCUT2D eigenvalue weighted by atomic mass is 9.83. The summed E-state index contributed by atoms with van der Waals surface area (Å²) in [6.07, 6.45) is 0. The first-order chi connectivity index (χ1) is 6.82. The van der Waals surface area contributed by atoms with Crippen LogP contribution in [0.1, 0.15) is 25.3 Å². The molecule has 1 unspecified atom stereocenters. The molecule has 82 valence electrons. The van der Waals surface area contributed by atoms with Gasteiger partial charge in [0.25, 0.3) is 0 Å². The zero-order valence-electron chi connectivity index (χ0n) is 8.70. The van der Waals surface area contributed by atoms with E-state index in [0.29, 0.717) is 10.6 Å². The molecule has 0 spiro atoms. The SMILES string of the molecule is CC(C)(N)C(C(=O)O)c1cccc(Cl)c1. The molecule has 1 atom stereocenters. The predicted molar refractivity (Wildman–Crippen MR) is 60.1 cm³/mol. The van der Waals surface area contributed by atoms with Crippen molar-refractivity contribution in [3.63, 3.8) is 0 Å². The number of hydrogen-bond acceptors (Lipinski definition) is 2. The Hall–Kier alpha value is -1.06. The van der Waals surface area contributed by atoms with E-state index >= 15 is 0 Å². The third kappa shape index (κ3) is 2.94. The second kappa shape index (κ2) is 4.21. The minimum Gasteiger partial charge on any atom is -0.481 e. The highest BCUT2D eigenvalue weighted by molar-refractivity contribution is 6.30. The van der Waals surface area contributed by atoms with Gasteiger partial charge in [-0.05, 0) is 31.5 Å². The number of hydrogen-bond donors (Lipinski definition) is 2. The number of carboxylic acid groups (broad SMARTS) is 1. The molecule has 0 radical (unpaired) electrons. The minimum absolute atomic E-state index is 0.517. The van der Waals surface area contributed by atoms with E-state index in [4.69, 9.17) is 22.4 Å². The van der Waals surface area contributed by atoms with Crippen LogP contribution in [0.4, 0.5) is 0 Å². The number of nitrogens with two attached hydrogens (primary N) is 1. The van der Waals surface area contributed by atoms with E-state index in [0.717, 1.165) is 0 Å². The predicted octanol–water partition coefficient (Wildman–Crippen LogP) is 2.25. The van der Waals surface area contributed by atoms with Crippen LogP contribution in [0, 0.1) is 0 Å². The molecule has 0 aliphatic carbocycles. The van der Waals surface area contributed by atoms with Crippen LogP contribution >= 0.6 is 11.6 Å². The molecule has 0 aromatic heterocycles. The Labute approximate surface area is 93.9 Å². The van der Waals surface area contributed by atoms with Crippen molar-refractivity contribution in [1.29, 1.82) is 0 Å². The van der Waals surface area contributed by atoms with Gasteiger partial charge >= 0.3 is 5.97 Å². The number of halogens is 1. The maximum absolute atomic E-state index is 11.1. The molecule has 1 aromatic rings. The third-order valence-corrected chi connectivity index (χ3v) is 2.41. The van der Waals surface area contributed by atoms with Gasteiger partial charge in [-0.15, -0.1) is 0 Å². The van der Waals surface area contributed by atoms with Gasteiger partial charge in [-0.3, -0.25) is 4.79 Å². The Bertz CT molecular complexity index is 371. The van der Waals surface area contributed by atoms with Gasteiger partial charge in [-0.2, -0.15) is 0 Å². The number of carbonyl (C=O) groups is 1. The fraction of sp³-hybridized carbons (Fsp3) is 0.364. The van der Waals surface area contributed by atoms with Crippen LogP contribution in [0.15, 0.2) is 24.3 Å². The Balaban J connectivity index is 3.16. The van der Waals surface area contributed by atoms with Crippen molar-refractivity contribution in [2.24, 2.45) is 5.73 Å². The maximum atomic E-state index is 11.1. The Kier molecular flexibility index (Phi) is 3.37. The summed E-state index contributed by atoms with van der Waals surface area (Å²) in [5.74, 6) is -1.69. The number of carboxylic acids is 1. The lowest BCUT2D eigenvalue weighted by molar-refractivity contribution is -0.140. The quantitative estimate of drug-likeness (QED) is 0.833. The Morgan fingerprint density at radius 3 is 2.53 bits per heavy atom. The monoisotopic (exact) mass is 227 g/mol. The molecule has 3 N–H and O–H groups in total. The number of aliphatic carboxylic acids is 1. The maximum Gasteiger partial charge on any atom is 0.312 e. The third-order valence-electron chi connectivity index (χ3n) is 2.17. The van der Waals surface area contributed by atoms with Crippen molar-refractivity contribution in [1.82, 2.24) is 0 Å². The van der Waals surface area contributed by atoms with Gasteiger partial charge in [0.05, 0.1) is 5.92 Å². The lowest BCUT2D eigenvalue weighted by Crippen LogP contribution is -2.43.